The van der Waals surface area contributed by atoms with Gasteiger partial charge in [0.15, 0.2) is 5.69 Å². The van der Waals surface area contributed by atoms with Gasteiger partial charge in [-0.3, -0.25) is 0 Å². The number of carboxylic acids is 1. The monoisotopic (exact) mass is 306 g/mol. The van der Waals surface area contributed by atoms with E-state index in [1.165, 1.54) is 0 Å². The van der Waals surface area contributed by atoms with Crippen molar-refractivity contribution in [2.45, 2.75) is 6.18 Å². The molecule has 0 saturated heterocycles. The average molecular weight is 307 g/mol. The van der Waals surface area contributed by atoms with Crippen LogP contribution in [-0.4, -0.2) is 16.1 Å². The molecule has 2 N–H and O–H groups in total. The molecule has 0 amide bonds. The molecule has 1 heterocycles. The van der Waals surface area contributed by atoms with E-state index < -0.39 is 17.7 Å². The first kappa shape index (κ1) is 14.2. The van der Waals surface area contributed by atoms with Crippen molar-refractivity contribution in [1.29, 1.82) is 0 Å². The fourth-order valence-corrected chi connectivity index (χ4v) is 1.51. The molecule has 1 aromatic heterocycles. The molecule has 5 nitrogen and oxygen atoms in total. The third-order valence-electron chi connectivity index (χ3n) is 2.26. The molecule has 0 aliphatic heterocycles. The molecule has 0 aliphatic rings. The molecule has 9 heteroatoms. The number of nitrogens with zero attached hydrogens (tertiary/aromatic N) is 1. The maximum Gasteiger partial charge on any atom is 0.416 e. The van der Waals surface area contributed by atoms with E-state index in [9.17, 15) is 18.0 Å². The molecule has 0 unspecified atom stereocenters. The number of anilines is 2. The van der Waals surface area contributed by atoms with Gasteiger partial charge in [0.05, 0.1) is 16.3 Å². The second-order valence-electron chi connectivity index (χ2n) is 3.66. The highest BCUT2D eigenvalue weighted by Gasteiger charge is 2.31. The van der Waals surface area contributed by atoms with Gasteiger partial charge in [-0.2, -0.15) is 18.2 Å². The maximum absolute atomic E-state index is 12.6. The van der Waals surface area contributed by atoms with E-state index in [2.05, 4.69) is 10.3 Å². The van der Waals surface area contributed by atoms with Crippen LogP contribution < -0.4 is 5.32 Å². The van der Waals surface area contributed by atoms with E-state index in [4.69, 9.17) is 21.1 Å². The normalized spacial score (nSPS) is 11.4. The summed E-state index contributed by atoms with van der Waals surface area (Å²) in [7, 11) is 0. The highest BCUT2D eigenvalue weighted by atomic mass is 35.5. The summed E-state index contributed by atoms with van der Waals surface area (Å²) >= 11 is 5.75. The summed E-state index contributed by atoms with van der Waals surface area (Å²) in [5, 5.41) is 11.0. The number of hydrogen-bond acceptors (Lipinski definition) is 4. The van der Waals surface area contributed by atoms with Crippen LogP contribution in [-0.2, 0) is 6.18 Å². The molecule has 1 aromatic carbocycles. The number of carboxylic acid groups (broad SMARTS) is 1. The zero-order chi connectivity index (χ0) is 14.9. The number of nitrogens with one attached hydrogen (secondary N) is 1. The molecule has 0 bridgehead atoms. The zero-order valence-corrected chi connectivity index (χ0v) is 10.3. The van der Waals surface area contributed by atoms with E-state index in [1.54, 1.807) is 0 Å². The van der Waals surface area contributed by atoms with Crippen molar-refractivity contribution >= 4 is 29.3 Å². The van der Waals surface area contributed by atoms with Gasteiger partial charge < -0.3 is 14.8 Å². The summed E-state index contributed by atoms with van der Waals surface area (Å²) < 4.78 is 42.4. The number of carbonyl (C=O) groups is 1. The van der Waals surface area contributed by atoms with Gasteiger partial charge in [-0.1, -0.05) is 11.6 Å². The van der Waals surface area contributed by atoms with Crippen LogP contribution in [0.15, 0.2) is 28.9 Å². The van der Waals surface area contributed by atoms with Crippen LogP contribution in [0.3, 0.4) is 0 Å². The summed E-state index contributed by atoms with van der Waals surface area (Å²) in [6.07, 6.45) is -3.67. The number of alkyl halides is 3. The van der Waals surface area contributed by atoms with Crippen LogP contribution in [0.25, 0.3) is 0 Å². The zero-order valence-electron chi connectivity index (χ0n) is 9.53. The van der Waals surface area contributed by atoms with Gasteiger partial charge in [-0.15, -0.1) is 0 Å². The second-order valence-corrected chi connectivity index (χ2v) is 4.07. The lowest BCUT2D eigenvalue weighted by Gasteiger charge is -2.10. The fourth-order valence-electron chi connectivity index (χ4n) is 1.34. The van der Waals surface area contributed by atoms with Gasteiger partial charge in [0.25, 0.3) is 6.01 Å². The van der Waals surface area contributed by atoms with Gasteiger partial charge in [0.2, 0.25) is 0 Å². The number of oxazole rings is 1. The third kappa shape index (κ3) is 3.02. The Balaban J connectivity index is 2.30. The molecule has 2 aromatic rings. The molecular weight excluding hydrogens is 301 g/mol. The predicted molar refractivity (Wildman–Crippen MR) is 63.2 cm³/mol. The molecule has 2 rings (SSSR count). The van der Waals surface area contributed by atoms with E-state index in [0.29, 0.717) is 0 Å². The predicted octanol–water partition coefficient (Wildman–Crippen LogP) is 3.79. The molecule has 0 aliphatic carbocycles. The molecule has 0 radical (unpaired) electrons. The highest BCUT2D eigenvalue weighted by molar-refractivity contribution is 6.33. The Morgan fingerprint density at radius 1 is 1.40 bits per heavy atom. The van der Waals surface area contributed by atoms with E-state index in [1.807, 2.05) is 0 Å². The Kier molecular flexibility index (Phi) is 3.58. The quantitative estimate of drug-likeness (QED) is 0.902. The van der Waals surface area contributed by atoms with Crippen LogP contribution in [0.2, 0.25) is 5.02 Å². The average Bonchev–Trinajstić information content (AvgIpc) is 2.79. The standard InChI is InChI=1S/C11H6ClF3N2O3/c12-6-2-1-5(11(13,14)15)3-7(6)16-10-17-8(4-20-10)9(18)19/h1-4H,(H,16,17)(H,18,19). The van der Waals surface area contributed by atoms with Crippen LogP contribution >= 0.6 is 11.6 Å². The molecule has 0 atom stereocenters. The first-order valence-corrected chi connectivity index (χ1v) is 5.48. The molecule has 0 saturated carbocycles. The van der Waals surface area contributed by atoms with Crippen LogP contribution in [0.4, 0.5) is 24.9 Å². The molecule has 20 heavy (non-hydrogen) atoms. The van der Waals surface area contributed by atoms with Crippen LogP contribution in [0.1, 0.15) is 16.1 Å². The Bertz CT molecular complexity index is 655. The second kappa shape index (κ2) is 5.04. The van der Waals surface area contributed by atoms with Gasteiger partial charge in [0, 0.05) is 0 Å². The largest absolute Gasteiger partial charge is 0.476 e. The first-order chi connectivity index (χ1) is 9.27. The minimum atomic E-state index is -4.52. The SMILES string of the molecule is O=C(O)c1coc(Nc2cc(C(F)(F)F)ccc2Cl)n1. The number of hydrogen-bond donors (Lipinski definition) is 2. The lowest BCUT2D eigenvalue weighted by atomic mass is 10.2. The Hall–Kier alpha value is -2.22. The number of aromatic nitrogens is 1. The minimum Gasteiger partial charge on any atom is -0.476 e. The molecule has 106 valence electrons. The van der Waals surface area contributed by atoms with Gasteiger partial charge in [0.1, 0.15) is 6.26 Å². The van der Waals surface area contributed by atoms with Crippen molar-refractivity contribution < 1.29 is 27.5 Å². The smallest absolute Gasteiger partial charge is 0.416 e. The van der Waals surface area contributed by atoms with E-state index >= 15 is 0 Å². The third-order valence-corrected chi connectivity index (χ3v) is 2.59. The van der Waals surface area contributed by atoms with Crippen molar-refractivity contribution in [3.63, 3.8) is 0 Å². The molecule has 0 fully saturated rings. The van der Waals surface area contributed by atoms with Crippen molar-refractivity contribution in [2.24, 2.45) is 0 Å². The van der Waals surface area contributed by atoms with E-state index in [0.717, 1.165) is 24.5 Å². The summed E-state index contributed by atoms with van der Waals surface area (Å²) in [5.74, 6) is -1.32. The number of benzene rings is 1. The lowest BCUT2D eigenvalue weighted by molar-refractivity contribution is -0.137. The molecular formula is C11H6ClF3N2O3. The van der Waals surface area contributed by atoms with Gasteiger partial charge in [-0.25, -0.2) is 4.79 Å². The van der Waals surface area contributed by atoms with Crippen LogP contribution in [0.5, 0.6) is 0 Å². The lowest BCUT2D eigenvalue weighted by Crippen LogP contribution is -2.05. The maximum atomic E-state index is 12.6. The van der Waals surface area contributed by atoms with Crippen LogP contribution in [0, 0.1) is 0 Å². The first-order valence-electron chi connectivity index (χ1n) is 5.10. The fraction of sp³-hybridized carbons (Fsp3) is 0.0909. The summed E-state index contributed by atoms with van der Waals surface area (Å²) in [6, 6.07) is 2.38. The van der Waals surface area contributed by atoms with Gasteiger partial charge in [-0.05, 0) is 18.2 Å². The van der Waals surface area contributed by atoms with Gasteiger partial charge >= 0.3 is 12.1 Å². The molecule has 0 spiro atoms. The Morgan fingerprint density at radius 3 is 2.65 bits per heavy atom. The number of rotatable bonds is 3. The van der Waals surface area contributed by atoms with Crippen molar-refractivity contribution in [3.8, 4) is 0 Å². The number of aromatic carboxylic acids is 1. The number of halogens is 4. The highest BCUT2D eigenvalue weighted by Crippen LogP contribution is 2.34. The summed E-state index contributed by atoms with van der Waals surface area (Å²) in [6.45, 7) is 0. The summed E-state index contributed by atoms with van der Waals surface area (Å²) in [4.78, 5) is 14.1. The minimum absolute atomic E-state index is 0.00748. The Morgan fingerprint density at radius 2 is 2.10 bits per heavy atom. The van der Waals surface area contributed by atoms with Crippen molar-refractivity contribution in [3.05, 3.63) is 40.7 Å². The van der Waals surface area contributed by atoms with E-state index in [-0.39, 0.29) is 22.4 Å². The topological polar surface area (TPSA) is 75.4 Å². The Labute approximate surface area is 115 Å². The summed E-state index contributed by atoms with van der Waals surface area (Å²) in [5.41, 5.74) is -1.38. The van der Waals surface area contributed by atoms with Crippen molar-refractivity contribution in [1.82, 2.24) is 4.98 Å². The van der Waals surface area contributed by atoms with Crippen molar-refractivity contribution in [2.75, 3.05) is 5.32 Å².